The van der Waals surface area contributed by atoms with E-state index in [0.29, 0.717) is 11.8 Å². The van der Waals surface area contributed by atoms with Gasteiger partial charge in [-0.3, -0.25) is 0 Å². The summed E-state index contributed by atoms with van der Waals surface area (Å²) in [6.45, 7) is 4.59. The average Bonchev–Trinajstić information content (AvgIpc) is 2.75. The molecule has 2 fully saturated rings. The van der Waals surface area contributed by atoms with Crippen LogP contribution < -0.4 is 4.74 Å². The van der Waals surface area contributed by atoms with Gasteiger partial charge in [-0.25, -0.2) is 0 Å². The zero-order valence-corrected chi connectivity index (χ0v) is 18.2. The third kappa shape index (κ3) is 5.04. The van der Waals surface area contributed by atoms with Crippen LogP contribution in [0.4, 0.5) is 8.78 Å². The Morgan fingerprint density at radius 2 is 1.03 bits per heavy atom. The van der Waals surface area contributed by atoms with Crippen LogP contribution >= 0.6 is 0 Å². The molecule has 0 N–H and O–H groups in total. The number of hydrogen-bond acceptors (Lipinski definition) is 1. The minimum absolute atomic E-state index is 0.0826. The smallest absolute Gasteiger partial charge is 0.426 e. The topological polar surface area (TPSA) is 9.23 Å². The van der Waals surface area contributed by atoms with Crippen molar-refractivity contribution in [2.45, 2.75) is 83.2 Å². The maximum Gasteiger partial charge on any atom is 0.426 e. The molecule has 0 heterocycles. The summed E-state index contributed by atoms with van der Waals surface area (Å²) in [5.74, 6) is 2.85. The maximum absolute atomic E-state index is 14.7. The van der Waals surface area contributed by atoms with E-state index in [1.807, 2.05) is 24.3 Å². The lowest BCUT2D eigenvalue weighted by atomic mass is 9.79. The molecule has 30 heavy (non-hydrogen) atoms. The Labute approximate surface area is 179 Å². The van der Waals surface area contributed by atoms with Crippen molar-refractivity contribution in [1.82, 2.24) is 0 Å². The van der Waals surface area contributed by atoms with Crippen molar-refractivity contribution in [1.29, 1.82) is 0 Å². The van der Waals surface area contributed by atoms with E-state index in [2.05, 4.69) is 13.8 Å². The van der Waals surface area contributed by atoms with Gasteiger partial charge in [0.15, 0.2) is 0 Å². The Morgan fingerprint density at radius 3 is 1.47 bits per heavy atom. The highest BCUT2D eigenvalue weighted by Crippen LogP contribution is 2.39. The predicted molar refractivity (Wildman–Crippen MR) is 118 cm³/mol. The van der Waals surface area contributed by atoms with E-state index >= 15 is 0 Å². The normalized spacial score (nSPS) is 27.6. The molecule has 0 saturated heterocycles. The summed E-state index contributed by atoms with van der Waals surface area (Å²) >= 11 is 0. The van der Waals surface area contributed by atoms with Crippen molar-refractivity contribution in [2.75, 3.05) is 0 Å². The summed E-state index contributed by atoms with van der Waals surface area (Å²) in [5, 5.41) is 0. The molecule has 2 aliphatic rings. The lowest BCUT2D eigenvalue weighted by Crippen LogP contribution is -2.22. The molecule has 0 atom stereocenters. The van der Waals surface area contributed by atoms with Crippen LogP contribution in [0.3, 0.4) is 0 Å². The van der Waals surface area contributed by atoms with Crippen LogP contribution in [-0.4, -0.2) is 0 Å². The molecule has 0 bridgehead atoms. The highest BCUT2D eigenvalue weighted by molar-refractivity contribution is 5.32. The van der Waals surface area contributed by atoms with Crippen LogP contribution in [0.5, 0.6) is 5.75 Å². The van der Waals surface area contributed by atoms with Gasteiger partial charge in [0.05, 0.1) is 5.56 Å². The second-order valence-electron chi connectivity index (χ2n) is 9.72. The van der Waals surface area contributed by atoms with Gasteiger partial charge in [0.1, 0.15) is 5.75 Å². The molecule has 0 aliphatic heterocycles. The van der Waals surface area contributed by atoms with Crippen LogP contribution in [0.1, 0.15) is 93.7 Å². The van der Waals surface area contributed by atoms with Crippen molar-refractivity contribution >= 4 is 0 Å². The molecule has 2 aromatic carbocycles. The molecule has 1 nitrogen and oxygen atoms in total. The van der Waals surface area contributed by atoms with E-state index in [0.717, 1.165) is 24.7 Å². The van der Waals surface area contributed by atoms with E-state index in [4.69, 9.17) is 4.74 Å². The fourth-order valence-corrected chi connectivity index (χ4v) is 5.15. The Balaban J connectivity index is 1.38. The predicted octanol–water partition coefficient (Wildman–Crippen LogP) is 8.40. The quantitative estimate of drug-likeness (QED) is 0.479. The number of ether oxygens (including phenoxy) is 1. The third-order valence-electron chi connectivity index (χ3n) is 7.35. The number of rotatable bonds is 5. The molecule has 0 spiro atoms. The number of alkyl halides is 2. The average molecular weight is 413 g/mol. The van der Waals surface area contributed by atoms with Crippen LogP contribution in [0.2, 0.25) is 0 Å². The summed E-state index contributed by atoms with van der Waals surface area (Å²) < 4.78 is 34.6. The highest BCUT2D eigenvalue weighted by atomic mass is 19.3. The number of benzene rings is 2. The minimum atomic E-state index is -3.33. The molecule has 0 amide bonds. The van der Waals surface area contributed by atoms with Gasteiger partial charge in [0, 0.05) is 0 Å². The Hall–Kier alpha value is -1.90. The number of halogens is 2. The second-order valence-corrected chi connectivity index (χ2v) is 9.72. The largest absolute Gasteiger partial charge is 0.429 e. The zero-order valence-electron chi connectivity index (χ0n) is 18.2. The molecule has 3 heteroatoms. The fourth-order valence-electron chi connectivity index (χ4n) is 5.15. The first-order valence-corrected chi connectivity index (χ1v) is 11.7. The van der Waals surface area contributed by atoms with Crippen LogP contribution in [-0.2, 0) is 6.11 Å². The molecular weight excluding hydrogens is 378 g/mol. The molecule has 0 aromatic heterocycles. The standard InChI is InChI=1S/C27H34F2O/c1-19-3-7-21(8-4-19)23-11-15-25(16-12-23)27(28,29)30-26-17-13-24(14-18-26)22-9-5-20(2)6-10-22/h11-22H,3-10H2,1-2H3. The van der Waals surface area contributed by atoms with E-state index in [1.165, 1.54) is 61.8 Å². The number of hydrogen-bond donors (Lipinski definition) is 0. The fraction of sp³-hybridized carbons (Fsp3) is 0.556. The van der Waals surface area contributed by atoms with Crippen molar-refractivity contribution in [3.05, 3.63) is 65.2 Å². The van der Waals surface area contributed by atoms with Crippen molar-refractivity contribution < 1.29 is 13.5 Å². The van der Waals surface area contributed by atoms with Gasteiger partial charge < -0.3 is 4.74 Å². The van der Waals surface area contributed by atoms with E-state index in [9.17, 15) is 8.78 Å². The monoisotopic (exact) mass is 412 g/mol. The Bertz CT molecular complexity index is 796. The van der Waals surface area contributed by atoms with Crippen LogP contribution in [0.15, 0.2) is 48.5 Å². The van der Waals surface area contributed by atoms with Crippen LogP contribution in [0, 0.1) is 11.8 Å². The molecule has 0 radical (unpaired) electrons. The van der Waals surface area contributed by atoms with Gasteiger partial charge in [-0.1, -0.05) is 63.8 Å². The van der Waals surface area contributed by atoms with Gasteiger partial charge >= 0.3 is 6.11 Å². The third-order valence-corrected chi connectivity index (χ3v) is 7.35. The molecule has 2 aromatic rings. The maximum atomic E-state index is 14.7. The van der Waals surface area contributed by atoms with Crippen molar-refractivity contribution in [3.8, 4) is 5.75 Å². The molecule has 2 saturated carbocycles. The van der Waals surface area contributed by atoms with Gasteiger partial charge in [-0.05, 0) is 84.7 Å². The SMILES string of the molecule is CC1CCC(c2ccc(OC(F)(F)c3ccc(C4CCC(C)CC4)cc3)cc2)CC1. The van der Waals surface area contributed by atoms with Gasteiger partial charge in [-0.15, -0.1) is 0 Å². The van der Waals surface area contributed by atoms with E-state index < -0.39 is 6.11 Å². The van der Waals surface area contributed by atoms with Crippen molar-refractivity contribution in [3.63, 3.8) is 0 Å². The molecule has 162 valence electrons. The summed E-state index contributed by atoms with van der Waals surface area (Å²) in [6, 6.07) is 14.1. The summed E-state index contributed by atoms with van der Waals surface area (Å²) in [7, 11) is 0. The van der Waals surface area contributed by atoms with E-state index in [1.54, 1.807) is 12.1 Å². The van der Waals surface area contributed by atoms with Gasteiger partial charge in [-0.2, -0.15) is 8.78 Å². The first-order valence-electron chi connectivity index (χ1n) is 11.7. The summed E-state index contributed by atoms with van der Waals surface area (Å²) in [5.41, 5.74) is 2.33. The van der Waals surface area contributed by atoms with Crippen molar-refractivity contribution in [2.24, 2.45) is 11.8 Å². The minimum Gasteiger partial charge on any atom is -0.429 e. The molecule has 2 aliphatic carbocycles. The first kappa shape index (κ1) is 21.3. The highest BCUT2D eigenvalue weighted by Gasteiger charge is 2.35. The second kappa shape index (κ2) is 9.08. The van der Waals surface area contributed by atoms with Gasteiger partial charge in [0.2, 0.25) is 0 Å². The lowest BCUT2D eigenvalue weighted by Gasteiger charge is -2.27. The Kier molecular flexibility index (Phi) is 6.46. The summed E-state index contributed by atoms with van der Waals surface area (Å²) in [6.07, 6.45) is 6.28. The van der Waals surface area contributed by atoms with Crippen LogP contribution in [0.25, 0.3) is 0 Å². The Morgan fingerprint density at radius 1 is 0.633 bits per heavy atom. The first-order chi connectivity index (χ1) is 14.4. The lowest BCUT2D eigenvalue weighted by molar-refractivity contribution is -0.185. The van der Waals surface area contributed by atoms with Gasteiger partial charge in [0.25, 0.3) is 0 Å². The molecule has 0 unspecified atom stereocenters. The summed E-state index contributed by atoms with van der Waals surface area (Å²) in [4.78, 5) is 0. The van der Waals surface area contributed by atoms with E-state index in [-0.39, 0.29) is 11.3 Å². The zero-order chi connectivity index (χ0) is 21.1. The molecular formula is C27H34F2O. The molecule has 4 rings (SSSR count).